The number of carbonyl (C=O) groups is 1. The van der Waals surface area contributed by atoms with Crippen molar-refractivity contribution in [1.29, 1.82) is 0 Å². The van der Waals surface area contributed by atoms with Crippen LogP contribution in [0.2, 0.25) is 5.02 Å². The second-order valence-corrected chi connectivity index (χ2v) is 7.20. The molecule has 0 aliphatic carbocycles. The summed E-state index contributed by atoms with van der Waals surface area (Å²) in [4.78, 5) is 25.0. The first-order chi connectivity index (χ1) is 11.9. The van der Waals surface area contributed by atoms with Gasteiger partial charge in [-0.2, -0.15) is 0 Å². The fourth-order valence-electron chi connectivity index (χ4n) is 3.77. The maximum absolute atomic E-state index is 12.0. The SMILES string of the molecule is COC(=O)C1CC[NH+](Cc2cc(=O)oc3cc(C)c(Cl)c(C)c23)CC1. The van der Waals surface area contributed by atoms with E-state index < -0.39 is 0 Å². The van der Waals surface area contributed by atoms with Crippen LogP contribution in [0.25, 0.3) is 11.0 Å². The number of quaternary nitrogens is 1. The van der Waals surface area contributed by atoms with Crippen molar-refractivity contribution in [2.45, 2.75) is 33.2 Å². The summed E-state index contributed by atoms with van der Waals surface area (Å²) in [7, 11) is 1.44. The van der Waals surface area contributed by atoms with Gasteiger partial charge in [-0.15, -0.1) is 0 Å². The highest BCUT2D eigenvalue weighted by Gasteiger charge is 2.28. The topological polar surface area (TPSA) is 61.0 Å². The molecule has 3 rings (SSSR count). The Kier molecular flexibility index (Phi) is 5.16. The van der Waals surface area contributed by atoms with Crippen LogP contribution in [-0.4, -0.2) is 26.2 Å². The van der Waals surface area contributed by atoms with Gasteiger partial charge in [0.2, 0.25) is 0 Å². The molecule has 1 saturated heterocycles. The van der Waals surface area contributed by atoms with Crippen LogP contribution in [0.3, 0.4) is 0 Å². The van der Waals surface area contributed by atoms with E-state index in [0.717, 1.165) is 54.6 Å². The van der Waals surface area contributed by atoms with E-state index in [1.807, 2.05) is 19.9 Å². The number of rotatable bonds is 3. The number of hydrogen-bond donors (Lipinski definition) is 1. The first-order valence-corrected chi connectivity index (χ1v) is 8.92. The Hall–Kier alpha value is -1.85. The van der Waals surface area contributed by atoms with Crippen LogP contribution in [0.5, 0.6) is 0 Å². The molecule has 134 valence electrons. The van der Waals surface area contributed by atoms with Gasteiger partial charge in [-0.25, -0.2) is 4.79 Å². The van der Waals surface area contributed by atoms with E-state index in [9.17, 15) is 9.59 Å². The zero-order chi connectivity index (χ0) is 18.1. The van der Waals surface area contributed by atoms with Crippen molar-refractivity contribution in [2.75, 3.05) is 20.2 Å². The zero-order valence-electron chi connectivity index (χ0n) is 14.8. The summed E-state index contributed by atoms with van der Waals surface area (Å²) in [6.45, 7) is 6.33. The minimum atomic E-state index is -0.340. The van der Waals surface area contributed by atoms with Crippen LogP contribution in [0.4, 0.5) is 0 Å². The number of likely N-dealkylation sites (tertiary alicyclic amines) is 1. The third-order valence-corrected chi connectivity index (χ3v) is 5.72. The molecule has 6 heteroatoms. The number of esters is 1. The van der Waals surface area contributed by atoms with Gasteiger partial charge >= 0.3 is 11.6 Å². The number of halogens is 1. The van der Waals surface area contributed by atoms with E-state index in [0.29, 0.717) is 10.6 Å². The Balaban J connectivity index is 1.88. The van der Waals surface area contributed by atoms with E-state index in [-0.39, 0.29) is 17.5 Å². The van der Waals surface area contributed by atoms with Gasteiger partial charge in [0.25, 0.3) is 0 Å². The van der Waals surface area contributed by atoms with Crippen molar-refractivity contribution < 1.29 is 18.8 Å². The smallest absolute Gasteiger partial charge is 0.336 e. The largest absolute Gasteiger partial charge is 0.469 e. The first-order valence-electron chi connectivity index (χ1n) is 8.54. The molecule has 1 aliphatic heterocycles. The predicted molar refractivity (Wildman–Crippen MR) is 96.1 cm³/mol. The molecule has 0 bridgehead atoms. The Morgan fingerprint density at radius 2 is 2.00 bits per heavy atom. The molecule has 2 aromatic rings. The van der Waals surface area contributed by atoms with Crippen molar-refractivity contribution >= 4 is 28.5 Å². The summed E-state index contributed by atoms with van der Waals surface area (Å²) in [5.74, 6) is -0.131. The number of aryl methyl sites for hydroxylation is 2. The van der Waals surface area contributed by atoms with Crippen LogP contribution < -0.4 is 10.5 Å². The fraction of sp³-hybridized carbons (Fsp3) is 0.474. The molecule has 1 N–H and O–H groups in total. The van der Waals surface area contributed by atoms with E-state index in [2.05, 4.69) is 0 Å². The summed E-state index contributed by atoms with van der Waals surface area (Å²) < 4.78 is 10.2. The molecular weight excluding hydrogens is 342 g/mol. The zero-order valence-corrected chi connectivity index (χ0v) is 15.5. The minimum absolute atomic E-state index is 0.00910. The molecule has 0 atom stereocenters. The number of piperidine rings is 1. The lowest BCUT2D eigenvalue weighted by Gasteiger charge is -2.28. The van der Waals surface area contributed by atoms with Crippen LogP contribution in [-0.2, 0) is 16.1 Å². The molecule has 0 unspecified atom stereocenters. The van der Waals surface area contributed by atoms with Gasteiger partial charge in [-0.05, 0) is 31.0 Å². The highest BCUT2D eigenvalue weighted by Crippen LogP contribution is 2.30. The monoisotopic (exact) mass is 364 g/mol. The third kappa shape index (κ3) is 3.58. The molecule has 1 aromatic heterocycles. The molecule has 0 radical (unpaired) electrons. The van der Waals surface area contributed by atoms with Gasteiger partial charge < -0.3 is 14.1 Å². The van der Waals surface area contributed by atoms with Gasteiger partial charge in [0.1, 0.15) is 12.1 Å². The normalized spacial score (nSPS) is 20.6. The molecule has 1 fully saturated rings. The summed E-state index contributed by atoms with van der Waals surface area (Å²) >= 11 is 6.40. The van der Waals surface area contributed by atoms with Crippen LogP contribution in [0.1, 0.15) is 29.5 Å². The van der Waals surface area contributed by atoms with Gasteiger partial charge in [0.15, 0.2) is 0 Å². The second kappa shape index (κ2) is 7.18. The van der Waals surface area contributed by atoms with Gasteiger partial charge in [0, 0.05) is 34.9 Å². The number of fused-ring (bicyclic) bond motifs is 1. The average molecular weight is 365 g/mol. The standard InChI is InChI=1S/C19H22ClNO4/c1-11-8-15-17(12(2)18(11)20)14(9-16(22)25-15)10-21-6-4-13(5-7-21)19(23)24-3/h8-9,13H,4-7,10H2,1-3H3/p+1. The van der Waals surface area contributed by atoms with Crippen molar-refractivity contribution in [3.8, 4) is 0 Å². The van der Waals surface area contributed by atoms with Gasteiger partial charge in [0.05, 0.1) is 26.1 Å². The third-order valence-electron chi connectivity index (χ3n) is 5.14. The summed E-state index contributed by atoms with van der Waals surface area (Å²) in [5, 5.41) is 1.64. The van der Waals surface area contributed by atoms with Crippen molar-refractivity contribution in [3.05, 3.63) is 44.3 Å². The number of benzene rings is 1. The molecule has 25 heavy (non-hydrogen) atoms. The second-order valence-electron chi connectivity index (χ2n) is 6.82. The van der Waals surface area contributed by atoms with E-state index >= 15 is 0 Å². The first kappa shape index (κ1) is 18.0. The van der Waals surface area contributed by atoms with E-state index in [4.69, 9.17) is 20.8 Å². The molecule has 2 heterocycles. The maximum atomic E-state index is 12.0. The van der Waals surface area contributed by atoms with Crippen molar-refractivity contribution in [1.82, 2.24) is 0 Å². The Morgan fingerprint density at radius 3 is 2.64 bits per heavy atom. The highest BCUT2D eigenvalue weighted by atomic mass is 35.5. The summed E-state index contributed by atoms with van der Waals surface area (Å²) in [6, 6.07) is 3.40. The summed E-state index contributed by atoms with van der Waals surface area (Å²) in [5.41, 5.74) is 3.05. The number of nitrogens with one attached hydrogen (secondary N) is 1. The van der Waals surface area contributed by atoms with Crippen LogP contribution in [0, 0.1) is 19.8 Å². The highest BCUT2D eigenvalue weighted by molar-refractivity contribution is 6.33. The molecule has 1 aliphatic rings. The number of carbonyl (C=O) groups excluding carboxylic acids is 1. The van der Waals surface area contributed by atoms with Crippen LogP contribution >= 0.6 is 11.6 Å². The van der Waals surface area contributed by atoms with E-state index in [1.54, 1.807) is 6.07 Å². The summed E-state index contributed by atoms with van der Waals surface area (Å²) in [6.07, 6.45) is 1.61. The molecule has 5 nitrogen and oxygen atoms in total. The maximum Gasteiger partial charge on any atom is 0.336 e. The molecular formula is C19H23ClNO4+. The van der Waals surface area contributed by atoms with Gasteiger partial charge in [-0.3, -0.25) is 4.79 Å². The van der Waals surface area contributed by atoms with Crippen LogP contribution in [0.15, 0.2) is 21.3 Å². The molecule has 0 saturated carbocycles. The number of hydrogen-bond acceptors (Lipinski definition) is 4. The van der Waals surface area contributed by atoms with Gasteiger partial charge in [-0.1, -0.05) is 11.6 Å². The lowest BCUT2D eigenvalue weighted by atomic mass is 9.96. The Labute approximate surface area is 151 Å². The molecule has 0 spiro atoms. The van der Waals surface area contributed by atoms with Crippen molar-refractivity contribution in [3.63, 3.8) is 0 Å². The minimum Gasteiger partial charge on any atom is -0.469 e. The predicted octanol–water partition coefficient (Wildman–Crippen LogP) is 2.03. The lowest BCUT2D eigenvalue weighted by Crippen LogP contribution is -3.11. The fourth-order valence-corrected chi connectivity index (χ4v) is 3.92. The van der Waals surface area contributed by atoms with Crippen molar-refractivity contribution in [2.24, 2.45) is 5.92 Å². The van der Waals surface area contributed by atoms with E-state index in [1.165, 1.54) is 12.0 Å². The Morgan fingerprint density at radius 1 is 1.32 bits per heavy atom. The quantitative estimate of drug-likeness (QED) is 0.668. The molecule has 0 amide bonds. The Bertz CT molecular complexity index is 866. The lowest BCUT2D eigenvalue weighted by molar-refractivity contribution is -0.919. The molecule has 1 aromatic carbocycles. The average Bonchev–Trinajstić information content (AvgIpc) is 2.59. The number of methoxy groups -OCH3 is 1. The number of ether oxygens (including phenoxy) is 1.